The summed E-state index contributed by atoms with van der Waals surface area (Å²) in [4.78, 5) is 4.29. The molecule has 1 atom stereocenters. The van der Waals surface area contributed by atoms with Crippen LogP contribution in [0, 0.1) is 6.92 Å². The van der Waals surface area contributed by atoms with Crippen LogP contribution in [-0.4, -0.2) is 11.5 Å². The Morgan fingerprint density at radius 1 is 1.33 bits per heavy atom. The predicted octanol–water partition coefficient (Wildman–Crippen LogP) is 4.18. The molecular weight excluding hydrogens is 220 g/mol. The number of hydrogen-bond donors (Lipinski definition) is 1. The minimum atomic E-state index is 0.450. The number of unbranched alkanes of at least 4 members (excludes halogenated alkanes) is 3. The van der Waals surface area contributed by atoms with Crippen LogP contribution in [0.3, 0.4) is 0 Å². The zero-order chi connectivity index (χ0) is 13.2. The van der Waals surface area contributed by atoms with Crippen LogP contribution < -0.4 is 5.32 Å². The van der Waals surface area contributed by atoms with Crippen molar-refractivity contribution < 1.29 is 0 Å². The third-order valence-electron chi connectivity index (χ3n) is 3.15. The summed E-state index contributed by atoms with van der Waals surface area (Å²) in [6.45, 7) is 9.03. The van der Waals surface area contributed by atoms with Crippen molar-refractivity contribution in [2.75, 3.05) is 6.54 Å². The van der Waals surface area contributed by atoms with E-state index in [0.717, 1.165) is 13.0 Å². The first-order chi connectivity index (χ1) is 8.77. The summed E-state index contributed by atoms with van der Waals surface area (Å²) < 4.78 is 0. The Labute approximate surface area is 112 Å². The number of aryl methyl sites for hydroxylation is 1. The molecule has 2 nitrogen and oxygen atoms in total. The SMILES string of the molecule is C=CCCCCCC(NCC)c1cncc(C)c1. The Kier molecular flexibility index (Phi) is 7.35. The van der Waals surface area contributed by atoms with Crippen molar-refractivity contribution in [3.05, 3.63) is 42.2 Å². The maximum atomic E-state index is 4.29. The van der Waals surface area contributed by atoms with Crippen LogP contribution in [0.25, 0.3) is 0 Å². The van der Waals surface area contributed by atoms with Gasteiger partial charge in [0.1, 0.15) is 0 Å². The van der Waals surface area contributed by atoms with Gasteiger partial charge in [-0.3, -0.25) is 4.98 Å². The molecular formula is C16H26N2. The van der Waals surface area contributed by atoms with Crippen molar-refractivity contribution in [3.8, 4) is 0 Å². The second kappa shape index (κ2) is 8.87. The lowest BCUT2D eigenvalue weighted by Crippen LogP contribution is -2.21. The quantitative estimate of drug-likeness (QED) is 0.522. The van der Waals surface area contributed by atoms with Gasteiger partial charge in [-0.2, -0.15) is 0 Å². The number of aromatic nitrogens is 1. The second-order valence-electron chi connectivity index (χ2n) is 4.83. The first kappa shape index (κ1) is 14.9. The van der Waals surface area contributed by atoms with Crippen LogP contribution in [0.4, 0.5) is 0 Å². The highest BCUT2D eigenvalue weighted by Crippen LogP contribution is 2.20. The molecule has 2 heteroatoms. The molecule has 1 unspecified atom stereocenters. The molecule has 0 bridgehead atoms. The molecule has 0 aliphatic rings. The van der Waals surface area contributed by atoms with Crippen molar-refractivity contribution in [1.29, 1.82) is 0 Å². The summed E-state index contributed by atoms with van der Waals surface area (Å²) in [7, 11) is 0. The van der Waals surface area contributed by atoms with Crippen molar-refractivity contribution in [2.45, 2.75) is 52.0 Å². The van der Waals surface area contributed by atoms with E-state index in [1.54, 1.807) is 0 Å². The third-order valence-corrected chi connectivity index (χ3v) is 3.15. The average molecular weight is 246 g/mol. The van der Waals surface area contributed by atoms with Crippen LogP contribution in [-0.2, 0) is 0 Å². The van der Waals surface area contributed by atoms with Crippen LogP contribution in [0.15, 0.2) is 31.1 Å². The smallest absolute Gasteiger partial charge is 0.0335 e. The van der Waals surface area contributed by atoms with Gasteiger partial charge in [-0.15, -0.1) is 6.58 Å². The van der Waals surface area contributed by atoms with Crippen molar-refractivity contribution in [2.24, 2.45) is 0 Å². The highest BCUT2D eigenvalue weighted by molar-refractivity contribution is 5.20. The summed E-state index contributed by atoms with van der Waals surface area (Å²) in [5.74, 6) is 0. The van der Waals surface area contributed by atoms with E-state index in [4.69, 9.17) is 0 Å². The molecule has 0 aliphatic heterocycles. The first-order valence-corrected chi connectivity index (χ1v) is 7.03. The molecule has 1 aromatic heterocycles. The largest absolute Gasteiger partial charge is 0.310 e. The third kappa shape index (κ3) is 5.46. The number of allylic oxidation sites excluding steroid dienone is 1. The number of pyridine rings is 1. The predicted molar refractivity (Wildman–Crippen MR) is 78.7 cm³/mol. The van der Waals surface area contributed by atoms with E-state index in [1.807, 2.05) is 18.5 Å². The molecule has 0 radical (unpaired) electrons. The summed E-state index contributed by atoms with van der Waals surface area (Å²) in [6.07, 6.45) is 12.0. The van der Waals surface area contributed by atoms with Gasteiger partial charge in [0.15, 0.2) is 0 Å². The van der Waals surface area contributed by atoms with Crippen molar-refractivity contribution in [1.82, 2.24) is 10.3 Å². The van der Waals surface area contributed by atoms with Gasteiger partial charge in [0.25, 0.3) is 0 Å². The highest BCUT2D eigenvalue weighted by Gasteiger charge is 2.10. The molecule has 100 valence electrons. The van der Waals surface area contributed by atoms with Crippen LogP contribution >= 0.6 is 0 Å². The molecule has 0 saturated heterocycles. The Bertz CT molecular complexity index is 347. The monoisotopic (exact) mass is 246 g/mol. The van der Waals surface area contributed by atoms with Gasteiger partial charge in [0.2, 0.25) is 0 Å². The fraction of sp³-hybridized carbons (Fsp3) is 0.562. The first-order valence-electron chi connectivity index (χ1n) is 7.03. The van der Waals surface area contributed by atoms with E-state index in [1.165, 1.54) is 36.8 Å². The summed E-state index contributed by atoms with van der Waals surface area (Å²) in [5.41, 5.74) is 2.56. The molecule has 0 aliphatic carbocycles. The maximum absolute atomic E-state index is 4.29. The summed E-state index contributed by atoms with van der Waals surface area (Å²) in [6, 6.07) is 2.69. The van der Waals surface area contributed by atoms with E-state index in [0.29, 0.717) is 6.04 Å². The zero-order valence-electron chi connectivity index (χ0n) is 11.8. The van der Waals surface area contributed by atoms with E-state index < -0.39 is 0 Å². The molecule has 1 N–H and O–H groups in total. The fourth-order valence-electron chi connectivity index (χ4n) is 2.22. The fourth-order valence-corrected chi connectivity index (χ4v) is 2.22. The highest BCUT2D eigenvalue weighted by atomic mass is 14.9. The average Bonchev–Trinajstić information content (AvgIpc) is 2.37. The van der Waals surface area contributed by atoms with Gasteiger partial charge >= 0.3 is 0 Å². The molecule has 0 aromatic carbocycles. The lowest BCUT2D eigenvalue weighted by molar-refractivity contribution is 0.482. The molecule has 1 heterocycles. The van der Waals surface area contributed by atoms with E-state index in [9.17, 15) is 0 Å². The number of rotatable bonds is 9. The molecule has 0 saturated carbocycles. The molecule has 1 rings (SSSR count). The van der Waals surface area contributed by atoms with Crippen molar-refractivity contribution in [3.63, 3.8) is 0 Å². The minimum Gasteiger partial charge on any atom is -0.310 e. The number of hydrogen-bond acceptors (Lipinski definition) is 2. The molecule has 1 aromatic rings. The van der Waals surface area contributed by atoms with Gasteiger partial charge < -0.3 is 5.32 Å². The van der Waals surface area contributed by atoms with Crippen LogP contribution in [0.5, 0.6) is 0 Å². The van der Waals surface area contributed by atoms with Crippen LogP contribution in [0.2, 0.25) is 0 Å². The molecule has 0 fully saturated rings. The van der Waals surface area contributed by atoms with E-state index in [-0.39, 0.29) is 0 Å². The molecule has 0 spiro atoms. The second-order valence-corrected chi connectivity index (χ2v) is 4.83. The van der Waals surface area contributed by atoms with Crippen molar-refractivity contribution >= 4 is 0 Å². The zero-order valence-corrected chi connectivity index (χ0v) is 11.8. The van der Waals surface area contributed by atoms with Gasteiger partial charge in [0, 0.05) is 18.4 Å². The number of nitrogens with zero attached hydrogens (tertiary/aromatic N) is 1. The normalized spacial score (nSPS) is 12.3. The van der Waals surface area contributed by atoms with Gasteiger partial charge in [-0.05, 0) is 43.9 Å². The standard InChI is InChI=1S/C16H26N2/c1-4-6-7-8-9-10-16(18-5-2)15-11-14(3)12-17-13-15/h4,11-13,16,18H,1,5-10H2,2-3H3. The Hall–Kier alpha value is -1.15. The lowest BCUT2D eigenvalue weighted by atomic mass is 10.0. The number of nitrogens with one attached hydrogen (secondary N) is 1. The van der Waals surface area contributed by atoms with Gasteiger partial charge in [0.05, 0.1) is 0 Å². The Morgan fingerprint density at radius 3 is 2.83 bits per heavy atom. The van der Waals surface area contributed by atoms with Gasteiger partial charge in [-0.25, -0.2) is 0 Å². The van der Waals surface area contributed by atoms with Crippen LogP contribution in [0.1, 0.15) is 56.2 Å². The topological polar surface area (TPSA) is 24.9 Å². The Balaban J connectivity index is 2.46. The molecule has 18 heavy (non-hydrogen) atoms. The van der Waals surface area contributed by atoms with E-state index in [2.05, 4.69) is 36.8 Å². The summed E-state index contributed by atoms with van der Waals surface area (Å²) in [5, 5.41) is 3.56. The lowest BCUT2D eigenvalue weighted by Gasteiger charge is -2.18. The van der Waals surface area contributed by atoms with Gasteiger partial charge in [-0.1, -0.05) is 31.9 Å². The summed E-state index contributed by atoms with van der Waals surface area (Å²) >= 11 is 0. The molecule has 0 amide bonds. The maximum Gasteiger partial charge on any atom is 0.0335 e. The van der Waals surface area contributed by atoms with E-state index >= 15 is 0 Å². The Morgan fingerprint density at radius 2 is 2.17 bits per heavy atom. The minimum absolute atomic E-state index is 0.450.